The molecule has 0 bridgehead atoms. The molecule has 0 aliphatic carbocycles. The minimum absolute atomic E-state index is 0.0159. The molecule has 0 fully saturated rings. The molecule has 0 amide bonds. The summed E-state index contributed by atoms with van der Waals surface area (Å²) >= 11 is 0.0939. The zero-order valence-electron chi connectivity index (χ0n) is 35.7. The Morgan fingerprint density at radius 1 is 0.575 bits per heavy atom. The van der Waals surface area contributed by atoms with Crippen molar-refractivity contribution in [2.45, 2.75) is 24.5 Å². The van der Waals surface area contributed by atoms with Gasteiger partial charge in [0.25, 0.3) is 20.2 Å². The van der Waals surface area contributed by atoms with E-state index in [1.807, 2.05) is 5.43 Å². The molecule has 8 N–H and O–H groups in total. The minimum atomic E-state index is -5.47. The van der Waals surface area contributed by atoms with Gasteiger partial charge in [0.2, 0.25) is 10.9 Å². The van der Waals surface area contributed by atoms with Crippen molar-refractivity contribution < 1.29 is 116 Å². The number of phenolic OH excluding ortho intramolecular Hbond substituents is 1. The molecule has 0 heterocycles. The second-order valence-electron chi connectivity index (χ2n) is 13.1. The van der Waals surface area contributed by atoms with Gasteiger partial charge in [-0.3, -0.25) is 42.5 Å². The van der Waals surface area contributed by atoms with Gasteiger partial charge in [-0.15, -0.1) is 18.9 Å². The van der Waals surface area contributed by atoms with Crippen LogP contribution in [0.4, 0.5) is 22.7 Å². The summed E-state index contributed by atoms with van der Waals surface area (Å²) in [6.07, 6.45) is 0. The highest BCUT2D eigenvalue weighted by molar-refractivity contribution is 7.92. The van der Waals surface area contributed by atoms with Crippen molar-refractivity contribution in [1.29, 1.82) is 0 Å². The topological polar surface area (TPSA) is 508 Å². The van der Waals surface area contributed by atoms with Crippen molar-refractivity contribution in [2.24, 2.45) is 20.4 Å². The number of anilines is 2. The van der Waals surface area contributed by atoms with Crippen LogP contribution in [0, 0.1) is 0 Å². The quantitative estimate of drug-likeness (QED) is 0.00919. The van der Waals surface area contributed by atoms with E-state index in [2.05, 4.69) is 53.0 Å². The van der Waals surface area contributed by atoms with E-state index in [-0.39, 0.29) is 36.1 Å². The number of aromatic hydroxyl groups is 1. The van der Waals surface area contributed by atoms with Crippen LogP contribution in [0.2, 0.25) is 0 Å². The Morgan fingerprint density at radius 2 is 1.05 bits per heavy atom. The molecule has 73 heavy (non-hydrogen) atoms. The van der Waals surface area contributed by atoms with Crippen molar-refractivity contribution in [1.82, 2.24) is 0 Å². The number of methoxy groups -OCH3 is 1. The SMILES string of the molecule is COc1ccc(S(=O)(=O)CCOSOOO)cc1N/N=c1/c(=O)c(N=Nc2ccc(S(=O)(=O)CCOSOOO)cc2S(=O)(=O)O)c(O)/c(=N\Nc2ccc(S(=O)(=O)CCOS(=O)(=O)O)cc2S(=O)(=O)O)c1=O. The third-order valence-electron chi connectivity index (χ3n) is 8.50. The predicted octanol–water partition coefficient (Wildman–Crippen LogP) is -0.0963. The number of ether oxygens (including phenoxy) is 1. The number of hydrogen-bond acceptors (Lipinski definition) is 33. The Balaban J connectivity index is 1.95. The molecule has 0 aliphatic heterocycles. The second-order valence-corrected chi connectivity index (χ2v) is 24.3. The maximum atomic E-state index is 13.9. The largest absolute Gasteiger partial charge is 0.504 e. The molecule has 0 spiro atoms. The van der Waals surface area contributed by atoms with Gasteiger partial charge >= 0.3 is 10.4 Å². The summed E-state index contributed by atoms with van der Waals surface area (Å²) in [6.45, 7) is -2.34. The van der Waals surface area contributed by atoms with E-state index < -0.39 is 166 Å². The molecule has 34 nitrogen and oxygen atoms in total. The minimum Gasteiger partial charge on any atom is -0.504 e. The fourth-order valence-electron chi connectivity index (χ4n) is 5.26. The third kappa shape index (κ3) is 16.9. The molecule has 0 saturated heterocycles. The van der Waals surface area contributed by atoms with Crippen LogP contribution in [-0.2, 0) is 91.4 Å². The number of hydrogen-bond donors (Lipinski definition) is 8. The van der Waals surface area contributed by atoms with Gasteiger partial charge < -0.3 is 9.84 Å². The summed E-state index contributed by atoms with van der Waals surface area (Å²) in [5.74, 6) is -4.51. The Morgan fingerprint density at radius 3 is 1.58 bits per heavy atom. The van der Waals surface area contributed by atoms with Crippen LogP contribution in [0.1, 0.15) is 0 Å². The van der Waals surface area contributed by atoms with E-state index in [4.69, 9.17) is 24.0 Å². The monoisotopic (exact) mass is 1190 g/mol. The number of sulfone groups is 3. The van der Waals surface area contributed by atoms with E-state index >= 15 is 0 Å². The molecular formula is C31H32N6O28S8. The highest BCUT2D eigenvalue weighted by Crippen LogP contribution is 2.31. The Kier molecular flexibility index (Phi) is 21.0. The maximum Gasteiger partial charge on any atom is 0.397 e. The number of benzene rings is 4. The molecule has 0 atom stereocenters. The van der Waals surface area contributed by atoms with Gasteiger partial charge in [0, 0.05) is 0 Å². The fraction of sp³-hybridized carbons (Fsp3) is 0.226. The number of phenols is 1. The molecule has 4 rings (SSSR count). The van der Waals surface area contributed by atoms with E-state index in [9.17, 15) is 74.3 Å². The van der Waals surface area contributed by atoms with E-state index in [0.717, 1.165) is 31.4 Å². The van der Waals surface area contributed by atoms with Gasteiger partial charge in [-0.05, 0) is 54.6 Å². The Hall–Kier alpha value is -5.20. The van der Waals surface area contributed by atoms with Crippen molar-refractivity contribution in [3.8, 4) is 11.5 Å². The first-order valence-corrected chi connectivity index (χ1v) is 28.9. The van der Waals surface area contributed by atoms with Crippen LogP contribution in [0.3, 0.4) is 0 Å². The lowest BCUT2D eigenvalue weighted by atomic mass is 10.2. The van der Waals surface area contributed by atoms with E-state index in [1.54, 1.807) is 0 Å². The highest BCUT2D eigenvalue weighted by atomic mass is 32.3. The molecule has 0 unspecified atom stereocenters. The lowest BCUT2D eigenvalue weighted by molar-refractivity contribution is -0.434. The number of rotatable bonds is 28. The fourth-order valence-corrected chi connectivity index (χ4v) is 11.1. The average molecular weight is 1190 g/mol. The molecule has 0 aliphatic rings. The Bertz CT molecular complexity index is 3670. The second kappa shape index (κ2) is 25.4. The zero-order valence-corrected chi connectivity index (χ0v) is 42.2. The number of nitrogens with zero attached hydrogens (tertiary/aromatic N) is 4. The molecule has 0 saturated carbocycles. The van der Waals surface area contributed by atoms with Crippen LogP contribution in [-0.4, -0.2) is 124 Å². The van der Waals surface area contributed by atoms with Crippen LogP contribution in [0.5, 0.6) is 11.5 Å². The first-order chi connectivity index (χ1) is 34.0. The van der Waals surface area contributed by atoms with Crippen LogP contribution < -0.4 is 37.2 Å². The van der Waals surface area contributed by atoms with Crippen molar-refractivity contribution in [2.75, 3.05) is 55.0 Å². The van der Waals surface area contributed by atoms with E-state index in [0.29, 0.717) is 30.3 Å². The lowest BCUT2D eigenvalue weighted by Crippen LogP contribution is -2.48. The molecular weight excluding hydrogens is 1160 g/mol. The van der Waals surface area contributed by atoms with Crippen LogP contribution in [0.25, 0.3) is 0 Å². The number of azo groups is 1. The van der Waals surface area contributed by atoms with Crippen molar-refractivity contribution >= 4 is 108 Å². The van der Waals surface area contributed by atoms with Gasteiger partial charge in [0.15, 0.2) is 76.3 Å². The summed E-state index contributed by atoms with van der Waals surface area (Å²) in [4.78, 5) is 23.2. The van der Waals surface area contributed by atoms with Crippen molar-refractivity contribution in [3.63, 3.8) is 0 Å². The average Bonchev–Trinajstić information content (AvgIpc) is 3.30. The summed E-state index contributed by atoms with van der Waals surface area (Å²) in [6, 6.07) is 6.48. The molecule has 0 aromatic heterocycles. The van der Waals surface area contributed by atoms with Gasteiger partial charge in [0.1, 0.15) is 21.2 Å². The van der Waals surface area contributed by atoms with Gasteiger partial charge in [0.05, 0.1) is 70.3 Å². The van der Waals surface area contributed by atoms with E-state index in [1.165, 1.54) is 0 Å². The molecule has 402 valence electrons. The normalized spacial score (nSPS) is 13.5. The smallest absolute Gasteiger partial charge is 0.397 e. The van der Waals surface area contributed by atoms with Gasteiger partial charge in [-0.2, -0.15) is 35.5 Å². The maximum absolute atomic E-state index is 13.9. The first kappa shape index (κ1) is 60.4. The lowest BCUT2D eigenvalue weighted by Gasteiger charge is -2.11. The summed E-state index contributed by atoms with van der Waals surface area (Å²) in [5, 5.41) is 45.8. The summed E-state index contributed by atoms with van der Waals surface area (Å²) < 4.78 is 204. The standard InChI is InChI=1S/C31H32N6O28S8/c1-58-23-7-4-17(68(43,44)11-8-59-66-64-62-41)14-22(23)34-37-28-30(39)26(35-32-20-5-2-18(15-24(20)71(49,50)51)69(45,46)12-9-60-67-65-63-42)29(38)27(31(28)40)36-33-21-6-3-19(16-25(21)72(52,53)54)70(47,48)13-10-61-73(55,56)57/h2-7,14-16,33-34,38,41-42H,8-13H2,1H3,(H,49,50,51)(H,52,53,54)(H,55,56,57)/b35-32?,36-27+,37-28-. The molecule has 4 aromatic carbocycles. The highest BCUT2D eigenvalue weighted by Gasteiger charge is 2.26. The van der Waals surface area contributed by atoms with Gasteiger partial charge in [-0.25, -0.2) is 40.0 Å². The first-order valence-electron chi connectivity index (χ1n) is 18.3. The summed E-state index contributed by atoms with van der Waals surface area (Å²) in [7, 11) is -28.3. The summed E-state index contributed by atoms with van der Waals surface area (Å²) in [5.41, 5.74) is -2.73. The zero-order chi connectivity index (χ0) is 54.6. The Labute approximate surface area is 418 Å². The predicted molar refractivity (Wildman–Crippen MR) is 241 cm³/mol. The van der Waals surface area contributed by atoms with Gasteiger partial charge in [-0.1, -0.05) is 10.1 Å². The molecule has 0 radical (unpaired) electrons. The third-order valence-corrected chi connectivity index (χ3v) is 16.5. The number of nitrogens with one attached hydrogen (secondary N) is 2. The molecule has 4 aromatic rings. The van der Waals surface area contributed by atoms with Crippen LogP contribution in [0.15, 0.2) is 109 Å². The van der Waals surface area contributed by atoms with Crippen molar-refractivity contribution in [3.05, 3.63) is 85.8 Å². The van der Waals surface area contributed by atoms with Crippen LogP contribution >= 0.6 is 24.6 Å². The molecule has 42 heteroatoms.